The van der Waals surface area contributed by atoms with Gasteiger partial charge in [-0.15, -0.1) is 0 Å². The van der Waals surface area contributed by atoms with E-state index in [0.717, 1.165) is 11.6 Å². The van der Waals surface area contributed by atoms with E-state index in [1.165, 1.54) is 6.33 Å². The van der Waals surface area contributed by atoms with Crippen molar-refractivity contribution >= 4 is 11.6 Å². The van der Waals surface area contributed by atoms with E-state index in [1.807, 2.05) is 13.1 Å². The van der Waals surface area contributed by atoms with Crippen molar-refractivity contribution in [3.05, 3.63) is 12.4 Å². The fourth-order valence-electron chi connectivity index (χ4n) is 1.15. The summed E-state index contributed by atoms with van der Waals surface area (Å²) < 4.78 is 0. The minimum absolute atomic E-state index is 0.391. The average Bonchev–Trinajstić information content (AvgIpc) is 2.29. The first-order chi connectivity index (χ1) is 7.65. The molecule has 0 spiro atoms. The van der Waals surface area contributed by atoms with Crippen molar-refractivity contribution in [2.45, 2.75) is 26.3 Å². The van der Waals surface area contributed by atoms with Gasteiger partial charge in [0.15, 0.2) is 0 Å². The van der Waals surface area contributed by atoms with Gasteiger partial charge in [0, 0.05) is 25.7 Å². The molecular formula is C11H17N5. The molecule has 0 radical (unpaired) electrons. The second-order valence-electron chi connectivity index (χ2n) is 3.80. The first-order valence-electron chi connectivity index (χ1n) is 5.31. The van der Waals surface area contributed by atoms with Crippen molar-refractivity contribution in [3.8, 4) is 6.07 Å². The Balaban J connectivity index is 2.68. The number of nitriles is 1. The average molecular weight is 219 g/mol. The number of anilines is 2. The van der Waals surface area contributed by atoms with Crippen LogP contribution in [0.15, 0.2) is 12.4 Å². The van der Waals surface area contributed by atoms with Gasteiger partial charge < -0.3 is 10.2 Å². The molecule has 0 aliphatic rings. The van der Waals surface area contributed by atoms with Crippen LogP contribution in [0.25, 0.3) is 0 Å². The van der Waals surface area contributed by atoms with E-state index in [4.69, 9.17) is 5.26 Å². The molecule has 0 bridgehead atoms. The first kappa shape index (κ1) is 12.2. The highest BCUT2D eigenvalue weighted by atomic mass is 15.2. The van der Waals surface area contributed by atoms with Gasteiger partial charge in [0.25, 0.3) is 0 Å². The molecule has 0 aromatic carbocycles. The molecule has 1 rings (SSSR count). The summed E-state index contributed by atoms with van der Waals surface area (Å²) in [5.41, 5.74) is 0. The lowest BCUT2D eigenvalue weighted by Crippen LogP contribution is -2.26. The van der Waals surface area contributed by atoms with Gasteiger partial charge in [-0.05, 0) is 13.8 Å². The van der Waals surface area contributed by atoms with Gasteiger partial charge >= 0.3 is 0 Å². The summed E-state index contributed by atoms with van der Waals surface area (Å²) >= 11 is 0. The van der Waals surface area contributed by atoms with Gasteiger partial charge in [-0.1, -0.05) is 0 Å². The van der Waals surface area contributed by atoms with Gasteiger partial charge in [-0.3, -0.25) is 0 Å². The van der Waals surface area contributed by atoms with E-state index in [1.54, 1.807) is 0 Å². The zero-order valence-corrected chi connectivity index (χ0v) is 9.94. The molecule has 0 unspecified atom stereocenters. The Hall–Kier alpha value is -1.83. The smallest absolute Gasteiger partial charge is 0.134 e. The number of hydrogen-bond acceptors (Lipinski definition) is 5. The SMILES string of the molecule is CC(C)N(C)c1cc(NCCC#N)ncn1. The van der Waals surface area contributed by atoms with Gasteiger partial charge in [-0.25, -0.2) is 9.97 Å². The lowest BCUT2D eigenvalue weighted by Gasteiger charge is -2.22. The van der Waals surface area contributed by atoms with Gasteiger partial charge in [0.2, 0.25) is 0 Å². The summed E-state index contributed by atoms with van der Waals surface area (Å²) in [6, 6.07) is 4.35. The van der Waals surface area contributed by atoms with Crippen LogP contribution in [-0.4, -0.2) is 29.6 Å². The third-order valence-corrected chi connectivity index (χ3v) is 2.33. The first-order valence-corrected chi connectivity index (χ1v) is 5.31. The summed E-state index contributed by atoms with van der Waals surface area (Å²) in [5, 5.41) is 11.5. The summed E-state index contributed by atoms with van der Waals surface area (Å²) in [6.45, 7) is 4.81. The maximum absolute atomic E-state index is 8.43. The van der Waals surface area contributed by atoms with Gasteiger partial charge in [0.1, 0.15) is 18.0 Å². The molecule has 1 aromatic heterocycles. The van der Waals surface area contributed by atoms with Crippen molar-refractivity contribution in [2.24, 2.45) is 0 Å². The molecule has 5 heteroatoms. The Kier molecular flexibility index (Phi) is 4.52. The van der Waals surface area contributed by atoms with E-state index in [2.05, 4.69) is 40.1 Å². The fourth-order valence-corrected chi connectivity index (χ4v) is 1.15. The van der Waals surface area contributed by atoms with Crippen molar-refractivity contribution in [3.63, 3.8) is 0 Å². The molecule has 16 heavy (non-hydrogen) atoms. The van der Waals surface area contributed by atoms with Crippen LogP contribution in [-0.2, 0) is 0 Å². The molecule has 1 aromatic rings. The number of hydrogen-bond donors (Lipinski definition) is 1. The molecule has 0 saturated carbocycles. The summed E-state index contributed by atoms with van der Waals surface area (Å²) in [6.07, 6.45) is 2.00. The Bertz CT molecular complexity index is 369. The largest absolute Gasteiger partial charge is 0.369 e. The van der Waals surface area contributed by atoms with Gasteiger partial charge in [-0.2, -0.15) is 5.26 Å². The van der Waals surface area contributed by atoms with E-state index in [0.29, 0.717) is 19.0 Å². The lowest BCUT2D eigenvalue weighted by atomic mass is 10.3. The molecule has 1 N–H and O–H groups in total. The van der Waals surface area contributed by atoms with Crippen LogP contribution < -0.4 is 10.2 Å². The Labute approximate surface area is 96.1 Å². The monoisotopic (exact) mass is 219 g/mol. The van der Waals surface area contributed by atoms with E-state index in [-0.39, 0.29) is 0 Å². The number of rotatable bonds is 5. The second kappa shape index (κ2) is 5.91. The van der Waals surface area contributed by atoms with Gasteiger partial charge in [0.05, 0.1) is 12.5 Å². The Morgan fingerprint density at radius 2 is 2.25 bits per heavy atom. The lowest BCUT2D eigenvalue weighted by molar-refractivity contribution is 0.741. The van der Waals surface area contributed by atoms with Crippen molar-refractivity contribution < 1.29 is 0 Å². The predicted molar refractivity (Wildman–Crippen MR) is 64.3 cm³/mol. The Morgan fingerprint density at radius 1 is 1.50 bits per heavy atom. The minimum atomic E-state index is 0.391. The molecule has 5 nitrogen and oxygen atoms in total. The molecule has 0 aliphatic carbocycles. The standard InChI is InChI=1S/C11H17N5/c1-9(2)16(3)11-7-10(14-8-15-11)13-6-4-5-12/h7-9H,4,6H2,1-3H3,(H,13,14,15). The highest BCUT2D eigenvalue weighted by Crippen LogP contribution is 2.14. The minimum Gasteiger partial charge on any atom is -0.369 e. The van der Waals surface area contributed by atoms with Crippen molar-refractivity contribution in [1.82, 2.24) is 9.97 Å². The third-order valence-electron chi connectivity index (χ3n) is 2.33. The molecule has 0 fully saturated rings. The number of aromatic nitrogens is 2. The van der Waals surface area contributed by atoms with Crippen LogP contribution in [0.4, 0.5) is 11.6 Å². The topological polar surface area (TPSA) is 64.8 Å². The van der Waals surface area contributed by atoms with Crippen LogP contribution in [0.3, 0.4) is 0 Å². The zero-order chi connectivity index (χ0) is 12.0. The normalized spacial score (nSPS) is 9.94. The predicted octanol–water partition coefficient (Wildman–Crippen LogP) is 1.65. The Morgan fingerprint density at radius 3 is 2.88 bits per heavy atom. The maximum Gasteiger partial charge on any atom is 0.134 e. The second-order valence-corrected chi connectivity index (χ2v) is 3.80. The van der Waals surface area contributed by atoms with Crippen molar-refractivity contribution in [2.75, 3.05) is 23.8 Å². The van der Waals surface area contributed by atoms with Crippen LogP contribution in [0, 0.1) is 11.3 Å². The van der Waals surface area contributed by atoms with E-state index < -0.39 is 0 Å². The summed E-state index contributed by atoms with van der Waals surface area (Å²) in [5.74, 6) is 1.64. The summed E-state index contributed by atoms with van der Waals surface area (Å²) in [4.78, 5) is 10.4. The molecule has 1 heterocycles. The molecule has 0 atom stereocenters. The quantitative estimate of drug-likeness (QED) is 0.763. The fraction of sp³-hybridized carbons (Fsp3) is 0.545. The van der Waals surface area contributed by atoms with Crippen LogP contribution in [0.2, 0.25) is 0 Å². The maximum atomic E-state index is 8.43. The van der Waals surface area contributed by atoms with Crippen LogP contribution >= 0.6 is 0 Å². The van der Waals surface area contributed by atoms with E-state index >= 15 is 0 Å². The van der Waals surface area contributed by atoms with E-state index in [9.17, 15) is 0 Å². The highest BCUT2D eigenvalue weighted by molar-refractivity contribution is 5.48. The zero-order valence-electron chi connectivity index (χ0n) is 9.94. The molecule has 86 valence electrons. The number of nitrogens with zero attached hydrogens (tertiary/aromatic N) is 4. The van der Waals surface area contributed by atoms with Crippen molar-refractivity contribution in [1.29, 1.82) is 5.26 Å². The summed E-state index contributed by atoms with van der Waals surface area (Å²) in [7, 11) is 1.99. The number of nitrogens with one attached hydrogen (secondary N) is 1. The molecular weight excluding hydrogens is 202 g/mol. The highest BCUT2D eigenvalue weighted by Gasteiger charge is 2.06. The third kappa shape index (κ3) is 3.39. The molecule has 0 amide bonds. The molecule has 0 saturated heterocycles. The van der Waals surface area contributed by atoms with Crippen LogP contribution in [0.5, 0.6) is 0 Å². The molecule has 0 aliphatic heterocycles. The van der Waals surface area contributed by atoms with Crippen LogP contribution in [0.1, 0.15) is 20.3 Å².